The molecule has 0 radical (unpaired) electrons. The molecule has 0 aliphatic carbocycles. The van der Waals surface area contributed by atoms with Crippen LogP contribution in [0.1, 0.15) is 104 Å². The SMILES string of the molecule is CO[C@@H]1C=CO[C@@]2(C)Oc3c(C)c(O)c4c(O)c(c(C=NOC/C=C(\C)CCC=C(C)C)c(O)c4c3C2=O)NC(=O)C(C)=CC=C[C@H](C)[C@H](O)[C@H](C)[C@H](O)[C@H](C)[C@H](OC(C)=O)[C@H]1C. The van der Waals surface area contributed by atoms with Gasteiger partial charge in [-0.3, -0.25) is 14.4 Å². The predicted octanol–water partition coefficient (Wildman–Crippen LogP) is 7.80. The molecule has 5 rings (SSSR count). The topological polar surface area (TPSA) is 223 Å². The van der Waals surface area contributed by atoms with Crippen LogP contribution in [0.25, 0.3) is 10.8 Å². The molecule has 3 heterocycles. The second kappa shape index (κ2) is 21.2. The van der Waals surface area contributed by atoms with Crippen LogP contribution in [-0.2, 0) is 28.6 Å². The molecule has 15 heteroatoms. The number of phenols is 3. The average Bonchev–Trinajstić information content (AvgIpc) is 3.49. The van der Waals surface area contributed by atoms with E-state index in [0.717, 1.165) is 24.6 Å². The number of ketones is 1. The molecule has 15 nitrogen and oxygen atoms in total. The molecule has 3 aliphatic rings. The number of aromatic hydroxyl groups is 3. The third-order valence-corrected chi connectivity index (χ3v) is 11.9. The lowest BCUT2D eigenvalue weighted by Crippen LogP contribution is -2.46. The van der Waals surface area contributed by atoms with Crippen LogP contribution in [-0.4, -0.2) is 93.3 Å². The summed E-state index contributed by atoms with van der Waals surface area (Å²) >= 11 is 0. The van der Waals surface area contributed by atoms with Gasteiger partial charge in [0.05, 0.1) is 53.0 Å². The first-order valence-electron chi connectivity index (χ1n) is 21.1. The molecular weight excluding hydrogens is 813 g/mol. The van der Waals surface area contributed by atoms with Crippen molar-refractivity contribution >= 4 is 40.3 Å². The van der Waals surface area contributed by atoms with Gasteiger partial charge in [0.1, 0.15) is 30.0 Å². The Bertz CT molecular complexity index is 2230. The lowest BCUT2D eigenvalue weighted by molar-refractivity contribution is -0.160. The Hall–Kier alpha value is -5.64. The number of allylic oxidation sites excluding steroid dienone is 5. The van der Waals surface area contributed by atoms with Gasteiger partial charge in [-0.1, -0.05) is 68.3 Å². The molecule has 0 saturated heterocycles. The van der Waals surface area contributed by atoms with E-state index < -0.39 is 88.8 Å². The number of phenolic OH excluding ortho intramolecular Hbond substituents is 3. The highest BCUT2D eigenvalue weighted by Crippen LogP contribution is 2.55. The highest BCUT2D eigenvalue weighted by Gasteiger charge is 2.50. The van der Waals surface area contributed by atoms with Crippen molar-refractivity contribution in [3.05, 3.63) is 76.1 Å². The van der Waals surface area contributed by atoms with E-state index in [1.807, 2.05) is 26.8 Å². The molecule has 9 atom stereocenters. The standard InChI is InChI=1S/C48H64N2O13/c1-24(2)15-13-16-25(3)19-22-61-49-23-33-38-43(56)36-35(42(33)55)37-45(31(9)41(36)54)63-48(11,46(37)57)60-21-20-34(59-12)28(6)44(62-32(10)51)30(8)40(53)29(7)39(52)26(4)17-14-18-27(5)47(58)50-38/h14-15,17-21,23,26,28-30,34,39-40,44,52-56H,13,16,22H2,1-12H3,(H,50,58)/b17-14?,21-20?,25-19+,27-18?,49-23?/t26-,28-,29-,30-,34+,39-,40-,44+,48-/m0/s1. The number of nitrogens with zero attached hydrogens (tertiary/aromatic N) is 1. The van der Waals surface area contributed by atoms with Crippen LogP contribution in [0.5, 0.6) is 23.0 Å². The zero-order chi connectivity index (χ0) is 47.1. The Morgan fingerprint density at radius 3 is 2.24 bits per heavy atom. The van der Waals surface area contributed by atoms with Crippen molar-refractivity contribution in [2.24, 2.45) is 28.8 Å². The van der Waals surface area contributed by atoms with Crippen LogP contribution >= 0.6 is 0 Å². The quantitative estimate of drug-likeness (QED) is 0.0270. The number of fused-ring (bicyclic) bond motifs is 14. The summed E-state index contributed by atoms with van der Waals surface area (Å²) in [5.41, 5.74) is 1.64. The molecule has 1 amide bonds. The number of Topliss-reactive ketones (excluding diaryl/α,β-unsaturated/α-hetero) is 1. The number of benzene rings is 2. The minimum Gasteiger partial charge on any atom is -0.507 e. The summed E-state index contributed by atoms with van der Waals surface area (Å²) in [6.45, 7) is 18.5. The van der Waals surface area contributed by atoms with E-state index in [0.29, 0.717) is 0 Å². The number of hydrogen-bond acceptors (Lipinski definition) is 14. The molecule has 0 unspecified atom stereocenters. The third-order valence-electron chi connectivity index (χ3n) is 11.9. The van der Waals surface area contributed by atoms with E-state index in [9.17, 15) is 39.9 Å². The van der Waals surface area contributed by atoms with Crippen molar-refractivity contribution in [2.45, 2.75) is 119 Å². The Balaban J connectivity index is 1.91. The zero-order valence-corrected chi connectivity index (χ0v) is 38.3. The molecule has 5 bridgehead atoms. The van der Waals surface area contributed by atoms with Gasteiger partial charge in [0.15, 0.2) is 5.75 Å². The number of carbonyl (C=O) groups excluding carboxylic acids is 3. The first-order valence-corrected chi connectivity index (χ1v) is 21.1. The largest absolute Gasteiger partial charge is 0.507 e. The third kappa shape index (κ3) is 11.1. The monoisotopic (exact) mass is 876 g/mol. The van der Waals surface area contributed by atoms with Gasteiger partial charge in [-0.25, -0.2) is 0 Å². The molecule has 344 valence electrons. The number of nitrogens with one attached hydrogen (secondary N) is 1. The molecule has 3 aliphatic heterocycles. The highest BCUT2D eigenvalue weighted by molar-refractivity contribution is 6.23. The number of hydrogen-bond donors (Lipinski definition) is 6. The van der Waals surface area contributed by atoms with Crippen molar-refractivity contribution in [1.82, 2.24) is 0 Å². The molecule has 0 saturated carbocycles. The van der Waals surface area contributed by atoms with E-state index in [-0.39, 0.29) is 51.1 Å². The van der Waals surface area contributed by atoms with Crippen LogP contribution in [0.4, 0.5) is 5.69 Å². The Kier molecular flexibility index (Phi) is 16.8. The molecule has 0 fully saturated rings. The summed E-state index contributed by atoms with van der Waals surface area (Å²) in [5, 5.41) is 64.4. The molecular formula is C48H64N2O13. The van der Waals surface area contributed by atoms with Gasteiger partial charge >= 0.3 is 11.8 Å². The number of esters is 1. The van der Waals surface area contributed by atoms with Gasteiger partial charge in [0.2, 0.25) is 0 Å². The summed E-state index contributed by atoms with van der Waals surface area (Å²) in [7, 11) is 1.43. The van der Waals surface area contributed by atoms with E-state index in [2.05, 4.69) is 16.5 Å². The molecule has 63 heavy (non-hydrogen) atoms. The molecule has 6 N–H and O–H groups in total. The maximum atomic E-state index is 14.4. The number of aliphatic hydroxyl groups excluding tert-OH is 2. The Morgan fingerprint density at radius 1 is 0.921 bits per heavy atom. The molecule has 2 aromatic carbocycles. The van der Waals surface area contributed by atoms with Crippen LogP contribution in [0, 0.1) is 30.6 Å². The predicted molar refractivity (Wildman–Crippen MR) is 240 cm³/mol. The number of amides is 1. The molecule has 0 spiro atoms. The number of aliphatic hydroxyl groups is 2. The van der Waals surface area contributed by atoms with E-state index in [4.69, 9.17) is 23.8 Å². The van der Waals surface area contributed by atoms with Crippen molar-refractivity contribution in [3.8, 4) is 23.0 Å². The molecule has 0 aromatic heterocycles. The fraction of sp³-hybridized carbons (Fsp3) is 0.500. The Labute approximate surface area is 369 Å². The van der Waals surface area contributed by atoms with Crippen LogP contribution < -0.4 is 10.1 Å². The normalized spacial score (nSPS) is 27.3. The van der Waals surface area contributed by atoms with Gasteiger partial charge < -0.3 is 54.6 Å². The van der Waals surface area contributed by atoms with Crippen LogP contribution in [0.15, 0.2) is 64.6 Å². The van der Waals surface area contributed by atoms with E-state index >= 15 is 0 Å². The lowest BCUT2D eigenvalue weighted by Gasteiger charge is -2.38. The first-order chi connectivity index (χ1) is 29.6. The summed E-state index contributed by atoms with van der Waals surface area (Å²) in [6, 6.07) is 0. The number of oxime groups is 1. The zero-order valence-electron chi connectivity index (χ0n) is 38.3. The maximum Gasteiger partial charge on any atom is 0.312 e. The van der Waals surface area contributed by atoms with Gasteiger partial charge in [-0.2, -0.15) is 0 Å². The number of ether oxygens (including phenoxy) is 4. The average molecular weight is 877 g/mol. The van der Waals surface area contributed by atoms with Crippen molar-refractivity contribution in [3.63, 3.8) is 0 Å². The minimum absolute atomic E-state index is 0.0306. The second-order valence-electron chi connectivity index (χ2n) is 17.0. The number of rotatable bonds is 9. The van der Waals surface area contributed by atoms with Crippen molar-refractivity contribution in [2.75, 3.05) is 19.0 Å². The summed E-state index contributed by atoms with van der Waals surface area (Å²) in [5.74, 6) is -8.70. The fourth-order valence-corrected chi connectivity index (χ4v) is 7.88. The summed E-state index contributed by atoms with van der Waals surface area (Å²) in [4.78, 5) is 46.0. The molecule has 2 aromatic rings. The van der Waals surface area contributed by atoms with Gasteiger partial charge in [-0.15, -0.1) is 0 Å². The number of carbonyl (C=O) groups is 3. The van der Waals surface area contributed by atoms with E-state index in [1.165, 1.54) is 58.8 Å². The fourth-order valence-electron chi connectivity index (χ4n) is 7.88. The smallest absolute Gasteiger partial charge is 0.312 e. The van der Waals surface area contributed by atoms with E-state index in [1.54, 1.807) is 39.8 Å². The van der Waals surface area contributed by atoms with Gasteiger partial charge in [-0.05, 0) is 59.6 Å². The van der Waals surface area contributed by atoms with Crippen LogP contribution in [0.2, 0.25) is 0 Å². The first kappa shape index (κ1) is 50.0. The minimum atomic E-state index is -2.07. The summed E-state index contributed by atoms with van der Waals surface area (Å²) in [6.07, 6.45) is 10.2. The van der Waals surface area contributed by atoms with Crippen molar-refractivity contribution in [1.29, 1.82) is 0 Å². The highest BCUT2D eigenvalue weighted by atomic mass is 16.7. The van der Waals surface area contributed by atoms with Gasteiger partial charge in [0.25, 0.3) is 11.7 Å². The van der Waals surface area contributed by atoms with Crippen molar-refractivity contribution < 1.29 is 63.7 Å². The number of methoxy groups -OCH3 is 1. The number of anilines is 1. The summed E-state index contributed by atoms with van der Waals surface area (Å²) < 4.78 is 23.6. The lowest BCUT2D eigenvalue weighted by atomic mass is 9.78. The van der Waals surface area contributed by atoms with Gasteiger partial charge in [0, 0.05) is 61.2 Å². The maximum absolute atomic E-state index is 14.4. The Morgan fingerprint density at radius 2 is 1.60 bits per heavy atom. The van der Waals surface area contributed by atoms with Crippen LogP contribution in [0.3, 0.4) is 0 Å². The second-order valence-corrected chi connectivity index (χ2v) is 17.0.